The first-order chi connectivity index (χ1) is 13.6. The summed E-state index contributed by atoms with van der Waals surface area (Å²) in [5.74, 6) is 1.56. The molecule has 5 rings (SSSR count). The summed E-state index contributed by atoms with van der Waals surface area (Å²) in [6, 6.07) is 7.60. The van der Waals surface area contributed by atoms with Crippen LogP contribution < -0.4 is 10.1 Å². The number of nitrogens with zero attached hydrogens (tertiary/aromatic N) is 2. The van der Waals surface area contributed by atoms with Crippen molar-refractivity contribution in [3.05, 3.63) is 29.8 Å². The Morgan fingerprint density at radius 1 is 1.21 bits per heavy atom. The van der Waals surface area contributed by atoms with Crippen LogP contribution in [-0.2, 0) is 20.7 Å². The molecule has 7 heteroatoms. The SMILES string of the molecule is CNC(=O)[C@@H]1COC2(CN(C(=O)[C@H]3Cc4ccccc4O3)C2)CN1CC1CC1. The van der Waals surface area contributed by atoms with Crippen LogP contribution in [0.4, 0.5) is 0 Å². The van der Waals surface area contributed by atoms with Crippen LogP contribution in [0.2, 0.25) is 0 Å². The molecule has 28 heavy (non-hydrogen) atoms. The normalized spacial score (nSPS) is 28.4. The maximum atomic E-state index is 12.9. The fourth-order valence-electron chi connectivity index (χ4n) is 4.64. The molecule has 1 N–H and O–H groups in total. The minimum Gasteiger partial charge on any atom is -0.480 e. The molecular weight excluding hydrogens is 358 g/mol. The van der Waals surface area contributed by atoms with Crippen LogP contribution in [0.5, 0.6) is 5.75 Å². The molecule has 1 aromatic carbocycles. The van der Waals surface area contributed by atoms with Crippen LogP contribution in [-0.4, -0.2) is 79.2 Å². The average Bonchev–Trinajstić information content (AvgIpc) is 3.39. The van der Waals surface area contributed by atoms with Crippen molar-refractivity contribution in [2.75, 3.05) is 39.8 Å². The molecule has 0 radical (unpaired) electrons. The summed E-state index contributed by atoms with van der Waals surface area (Å²) in [6.45, 7) is 3.18. The number of nitrogens with one attached hydrogen (secondary N) is 1. The van der Waals surface area contributed by atoms with Gasteiger partial charge in [-0.15, -0.1) is 0 Å². The summed E-state index contributed by atoms with van der Waals surface area (Å²) in [5, 5.41) is 2.75. The Morgan fingerprint density at radius 2 is 2.00 bits per heavy atom. The predicted molar refractivity (Wildman–Crippen MR) is 102 cm³/mol. The number of amides is 2. The van der Waals surface area contributed by atoms with E-state index in [1.165, 1.54) is 12.8 Å². The lowest BCUT2D eigenvalue weighted by atomic mass is 9.89. The van der Waals surface area contributed by atoms with Crippen molar-refractivity contribution >= 4 is 11.8 Å². The third kappa shape index (κ3) is 3.16. The van der Waals surface area contributed by atoms with Gasteiger partial charge in [0.1, 0.15) is 17.4 Å². The van der Waals surface area contributed by atoms with E-state index >= 15 is 0 Å². The maximum absolute atomic E-state index is 12.9. The van der Waals surface area contributed by atoms with E-state index in [0.29, 0.717) is 38.6 Å². The average molecular weight is 385 g/mol. The highest BCUT2D eigenvalue weighted by molar-refractivity contribution is 5.84. The van der Waals surface area contributed by atoms with Crippen LogP contribution in [0.15, 0.2) is 24.3 Å². The van der Waals surface area contributed by atoms with E-state index in [4.69, 9.17) is 9.47 Å². The zero-order chi connectivity index (χ0) is 19.3. The zero-order valence-corrected chi connectivity index (χ0v) is 16.2. The van der Waals surface area contributed by atoms with E-state index in [9.17, 15) is 9.59 Å². The molecule has 1 spiro atoms. The Balaban J connectivity index is 1.21. The number of carbonyl (C=O) groups excluding carboxylic acids is 2. The Morgan fingerprint density at radius 3 is 2.71 bits per heavy atom. The van der Waals surface area contributed by atoms with Gasteiger partial charge < -0.3 is 19.7 Å². The number of rotatable bonds is 4. The summed E-state index contributed by atoms with van der Waals surface area (Å²) < 4.78 is 12.0. The second kappa shape index (κ2) is 6.74. The van der Waals surface area contributed by atoms with E-state index in [1.54, 1.807) is 7.05 Å². The molecule has 0 aromatic heterocycles. The first kappa shape index (κ1) is 17.9. The number of likely N-dealkylation sites (N-methyl/N-ethyl adjacent to an activating group) is 1. The molecule has 3 heterocycles. The van der Waals surface area contributed by atoms with Crippen molar-refractivity contribution in [1.29, 1.82) is 0 Å². The third-order valence-corrected chi connectivity index (χ3v) is 6.41. The van der Waals surface area contributed by atoms with Gasteiger partial charge in [-0.2, -0.15) is 0 Å². The van der Waals surface area contributed by atoms with Gasteiger partial charge in [0.05, 0.1) is 19.7 Å². The number of ether oxygens (including phenoxy) is 2. The van der Waals surface area contributed by atoms with Crippen LogP contribution in [0, 0.1) is 5.92 Å². The number of morpholine rings is 1. The lowest BCUT2D eigenvalue weighted by Crippen LogP contribution is -2.74. The highest BCUT2D eigenvalue weighted by Crippen LogP contribution is 2.37. The summed E-state index contributed by atoms with van der Waals surface area (Å²) in [5.41, 5.74) is 0.745. The lowest BCUT2D eigenvalue weighted by Gasteiger charge is -2.55. The van der Waals surface area contributed by atoms with Gasteiger partial charge in [-0.25, -0.2) is 0 Å². The standard InChI is InChI=1S/C21H27N3O4/c1-22-19(25)16-10-27-21(11-23(16)9-14-6-7-14)12-24(13-21)20(26)18-8-15-4-2-3-5-17(15)28-18/h2-5,14,16,18H,6-13H2,1H3,(H,22,25)/t16-,18+/m0/s1. The molecule has 1 aromatic rings. The molecule has 2 saturated heterocycles. The molecule has 3 fully saturated rings. The quantitative estimate of drug-likeness (QED) is 0.814. The second-order valence-corrected chi connectivity index (χ2v) is 8.61. The number of hydrogen-bond acceptors (Lipinski definition) is 5. The third-order valence-electron chi connectivity index (χ3n) is 6.41. The number of para-hydroxylation sites is 1. The fourth-order valence-corrected chi connectivity index (χ4v) is 4.64. The van der Waals surface area contributed by atoms with Crippen molar-refractivity contribution in [3.8, 4) is 5.75 Å². The number of fused-ring (bicyclic) bond motifs is 1. The largest absolute Gasteiger partial charge is 0.480 e. The summed E-state index contributed by atoms with van der Waals surface area (Å²) in [6.07, 6.45) is 2.69. The van der Waals surface area contributed by atoms with Gasteiger partial charge in [-0.3, -0.25) is 14.5 Å². The van der Waals surface area contributed by atoms with Crippen molar-refractivity contribution in [3.63, 3.8) is 0 Å². The van der Waals surface area contributed by atoms with E-state index in [0.717, 1.165) is 17.9 Å². The van der Waals surface area contributed by atoms with Crippen LogP contribution in [0.25, 0.3) is 0 Å². The van der Waals surface area contributed by atoms with Gasteiger partial charge in [-0.05, 0) is 30.4 Å². The molecule has 0 bridgehead atoms. The van der Waals surface area contributed by atoms with Crippen molar-refractivity contribution < 1.29 is 19.1 Å². The summed E-state index contributed by atoms with van der Waals surface area (Å²) in [7, 11) is 1.67. The maximum Gasteiger partial charge on any atom is 0.264 e. The zero-order valence-electron chi connectivity index (χ0n) is 16.2. The summed E-state index contributed by atoms with van der Waals surface area (Å²) >= 11 is 0. The molecule has 4 aliphatic rings. The van der Waals surface area contributed by atoms with Crippen molar-refractivity contribution in [2.24, 2.45) is 5.92 Å². The van der Waals surface area contributed by atoms with Crippen molar-refractivity contribution in [1.82, 2.24) is 15.1 Å². The lowest BCUT2D eigenvalue weighted by molar-refractivity contribution is -0.206. The van der Waals surface area contributed by atoms with Gasteiger partial charge in [0, 0.05) is 26.6 Å². The van der Waals surface area contributed by atoms with Gasteiger partial charge in [0.25, 0.3) is 5.91 Å². The fraction of sp³-hybridized carbons (Fsp3) is 0.619. The van der Waals surface area contributed by atoms with Gasteiger partial charge in [-0.1, -0.05) is 18.2 Å². The molecule has 1 saturated carbocycles. The smallest absolute Gasteiger partial charge is 0.264 e. The minimum atomic E-state index is -0.431. The molecule has 0 unspecified atom stereocenters. The number of hydrogen-bond donors (Lipinski definition) is 1. The molecule has 3 aliphatic heterocycles. The molecule has 2 atom stereocenters. The highest BCUT2D eigenvalue weighted by Gasteiger charge is 2.53. The number of benzene rings is 1. The second-order valence-electron chi connectivity index (χ2n) is 8.61. The Bertz CT molecular complexity index is 763. The van der Waals surface area contributed by atoms with E-state index < -0.39 is 6.10 Å². The summed E-state index contributed by atoms with van der Waals surface area (Å²) in [4.78, 5) is 29.2. The number of likely N-dealkylation sites (tertiary alicyclic amines) is 1. The first-order valence-corrected chi connectivity index (χ1v) is 10.2. The van der Waals surface area contributed by atoms with E-state index in [1.807, 2.05) is 29.2 Å². The topological polar surface area (TPSA) is 71.1 Å². The Labute approximate surface area is 165 Å². The van der Waals surface area contributed by atoms with Gasteiger partial charge in [0.15, 0.2) is 6.10 Å². The first-order valence-electron chi connectivity index (χ1n) is 10.2. The molecular formula is C21H27N3O4. The molecule has 7 nitrogen and oxygen atoms in total. The van der Waals surface area contributed by atoms with Crippen LogP contribution in [0.1, 0.15) is 18.4 Å². The van der Waals surface area contributed by atoms with E-state index in [-0.39, 0.29) is 23.5 Å². The van der Waals surface area contributed by atoms with Crippen LogP contribution in [0.3, 0.4) is 0 Å². The Hall–Kier alpha value is -2.12. The molecule has 2 amide bonds. The van der Waals surface area contributed by atoms with Crippen molar-refractivity contribution in [2.45, 2.75) is 37.0 Å². The van der Waals surface area contributed by atoms with E-state index in [2.05, 4.69) is 10.2 Å². The highest BCUT2D eigenvalue weighted by atomic mass is 16.5. The molecule has 1 aliphatic carbocycles. The molecule has 150 valence electrons. The Kier molecular flexibility index (Phi) is 4.32. The van der Waals surface area contributed by atoms with Gasteiger partial charge in [0.2, 0.25) is 5.91 Å². The minimum absolute atomic E-state index is 0.0138. The van der Waals surface area contributed by atoms with Crippen LogP contribution >= 0.6 is 0 Å². The monoisotopic (exact) mass is 385 g/mol. The predicted octanol–water partition coefficient (Wildman–Crippen LogP) is 0.428. The number of carbonyl (C=O) groups is 2. The van der Waals surface area contributed by atoms with Gasteiger partial charge >= 0.3 is 0 Å².